The lowest BCUT2D eigenvalue weighted by atomic mass is 10.1. The van der Waals surface area contributed by atoms with E-state index in [-0.39, 0.29) is 30.6 Å². The summed E-state index contributed by atoms with van der Waals surface area (Å²) < 4.78 is 0. The molecule has 0 aliphatic carbocycles. The number of halogens is 1. The molecule has 0 saturated heterocycles. The van der Waals surface area contributed by atoms with Crippen LogP contribution >= 0.6 is 22.9 Å². The minimum Gasteiger partial charge on any atom is -0.356 e. The number of rotatable bonds is 8. The molecule has 6 nitrogen and oxygen atoms in total. The van der Waals surface area contributed by atoms with Crippen LogP contribution in [0.2, 0.25) is 5.02 Å². The van der Waals surface area contributed by atoms with Crippen molar-refractivity contribution >= 4 is 39.9 Å². The molecule has 1 heterocycles. The maximum atomic E-state index is 11.9. The Hall–Kier alpha value is -1.99. The van der Waals surface area contributed by atoms with Crippen molar-refractivity contribution in [3.05, 3.63) is 39.9 Å². The SMILES string of the molecule is CC(C)c1nnc(NC(=O)CCC(=O)NCCc2ccc(Cl)cc2)s1. The van der Waals surface area contributed by atoms with Gasteiger partial charge in [-0.1, -0.05) is 48.9 Å². The van der Waals surface area contributed by atoms with Gasteiger partial charge in [0.05, 0.1) is 0 Å². The van der Waals surface area contributed by atoms with E-state index in [4.69, 9.17) is 11.6 Å². The summed E-state index contributed by atoms with van der Waals surface area (Å²) in [6, 6.07) is 7.49. The maximum absolute atomic E-state index is 11.9. The Morgan fingerprint density at radius 1 is 1.12 bits per heavy atom. The topological polar surface area (TPSA) is 84.0 Å². The highest BCUT2D eigenvalue weighted by Crippen LogP contribution is 2.22. The highest BCUT2D eigenvalue weighted by Gasteiger charge is 2.11. The third kappa shape index (κ3) is 6.80. The monoisotopic (exact) mass is 380 g/mol. The summed E-state index contributed by atoms with van der Waals surface area (Å²) >= 11 is 7.18. The van der Waals surface area contributed by atoms with Crippen molar-refractivity contribution in [1.29, 1.82) is 0 Å². The second kappa shape index (κ2) is 9.48. The summed E-state index contributed by atoms with van der Waals surface area (Å²) in [6.07, 6.45) is 0.976. The zero-order chi connectivity index (χ0) is 18.2. The molecule has 1 aromatic carbocycles. The Morgan fingerprint density at radius 2 is 1.80 bits per heavy atom. The van der Waals surface area contributed by atoms with Crippen LogP contribution in [-0.4, -0.2) is 28.6 Å². The molecule has 0 saturated carbocycles. The zero-order valence-corrected chi connectivity index (χ0v) is 15.8. The van der Waals surface area contributed by atoms with Crippen molar-refractivity contribution in [2.45, 2.75) is 39.0 Å². The molecule has 8 heteroatoms. The summed E-state index contributed by atoms with van der Waals surface area (Å²) in [5.41, 5.74) is 1.10. The van der Waals surface area contributed by atoms with E-state index in [9.17, 15) is 9.59 Å². The van der Waals surface area contributed by atoms with Gasteiger partial charge in [0.15, 0.2) is 0 Å². The van der Waals surface area contributed by atoms with Gasteiger partial charge in [0, 0.05) is 30.3 Å². The van der Waals surface area contributed by atoms with Gasteiger partial charge >= 0.3 is 0 Å². The zero-order valence-electron chi connectivity index (χ0n) is 14.2. The van der Waals surface area contributed by atoms with E-state index in [0.717, 1.165) is 17.0 Å². The van der Waals surface area contributed by atoms with Gasteiger partial charge < -0.3 is 10.6 Å². The first-order valence-corrected chi connectivity index (χ1v) is 9.28. The molecule has 0 spiro atoms. The molecule has 2 rings (SSSR count). The maximum Gasteiger partial charge on any atom is 0.226 e. The van der Waals surface area contributed by atoms with Crippen molar-refractivity contribution in [1.82, 2.24) is 15.5 Å². The Labute approximate surface area is 156 Å². The van der Waals surface area contributed by atoms with Crippen LogP contribution in [0.5, 0.6) is 0 Å². The van der Waals surface area contributed by atoms with Crippen LogP contribution in [0.4, 0.5) is 5.13 Å². The van der Waals surface area contributed by atoms with Gasteiger partial charge in [-0.3, -0.25) is 9.59 Å². The number of aromatic nitrogens is 2. The lowest BCUT2D eigenvalue weighted by Gasteiger charge is -2.05. The number of carbonyl (C=O) groups excluding carboxylic acids is 2. The van der Waals surface area contributed by atoms with E-state index in [2.05, 4.69) is 20.8 Å². The molecule has 0 fully saturated rings. The minimum atomic E-state index is -0.237. The lowest BCUT2D eigenvalue weighted by Crippen LogP contribution is -2.26. The van der Waals surface area contributed by atoms with Crippen molar-refractivity contribution in [3.8, 4) is 0 Å². The van der Waals surface area contributed by atoms with Crippen molar-refractivity contribution < 1.29 is 9.59 Å². The Bertz CT molecular complexity index is 716. The average molecular weight is 381 g/mol. The van der Waals surface area contributed by atoms with Crippen LogP contribution < -0.4 is 10.6 Å². The fourth-order valence-electron chi connectivity index (χ4n) is 2.01. The predicted molar refractivity (Wildman–Crippen MR) is 100 cm³/mol. The summed E-state index contributed by atoms with van der Waals surface area (Å²) in [4.78, 5) is 23.7. The van der Waals surface area contributed by atoms with Gasteiger partial charge in [0.2, 0.25) is 16.9 Å². The lowest BCUT2D eigenvalue weighted by molar-refractivity contribution is -0.124. The first-order valence-electron chi connectivity index (χ1n) is 8.08. The van der Waals surface area contributed by atoms with Crippen LogP contribution in [0.3, 0.4) is 0 Å². The standard InChI is InChI=1S/C17H21ClN4O2S/c1-11(2)16-21-22-17(25-16)20-15(24)8-7-14(23)19-10-9-12-3-5-13(18)6-4-12/h3-6,11H,7-10H2,1-2H3,(H,19,23)(H,20,22,24). The quantitative estimate of drug-likeness (QED) is 0.735. The Kier molecular flexibility index (Phi) is 7.33. The van der Waals surface area contributed by atoms with Gasteiger partial charge in [-0.2, -0.15) is 0 Å². The smallest absolute Gasteiger partial charge is 0.226 e. The predicted octanol–water partition coefficient (Wildman–Crippen LogP) is 3.39. The minimum absolute atomic E-state index is 0.114. The molecular formula is C17H21ClN4O2S. The molecule has 0 atom stereocenters. The van der Waals surface area contributed by atoms with Crippen LogP contribution in [0.15, 0.2) is 24.3 Å². The summed E-state index contributed by atoms with van der Waals surface area (Å²) in [5.74, 6) is -0.113. The molecule has 0 aliphatic rings. The molecule has 25 heavy (non-hydrogen) atoms. The Morgan fingerprint density at radius 3 is 2.44 bits per heavy atom. The Balaban J connectivity index is 1.65. The van der Waals surface area contributed by atoms with Gasteiger partial charge in [-0.05, 0) is 24.1 Å². The molecule has 2 amide bonds. The molecule has 0 radical (unpaired) electrons. The number of amides is 2. The molecule has 134 valence electrons. The molecule has 0 aliphatic heterocycles. The van der Waals surface area contributed by atoms with E-state index < -0.39 is 0 Å². The number of carbonyl (C=O) groups is 2. The van der Waals surface area contributed by atoms with E-state index in [1.165, 1.54) is 11.3 Å². The van der Waals surface area contributed by atoms with Crippen molar-refractivity contribution in [2.24, 2.45) is 0 Å². The highest BCUT2D eigenvalue weighted by atomic mass is 35.5. The number of benzene rings is 1. The number of hydrogen-bond acceptors (Lipinski definition) is 5. The summed E-state index contributed by atoms with van der Waals surface area (Å²) in [6.45, 7) is 4.55. The number of anilines is 1. The van der Waals surface area contributed by atoms with Crippen LogP contribution in [-0.2, 0) is 16.0 Å². The second-order valence-electron chi connectivity index (χ2n) is 5.87. The third-order valence-electron chi connectivity index (χ3n) is 3.41. The largest absolute Gasteiger partial charge is 0.356 e. The molecule has 2 N–H and O–H groups in total. The number of nitrogens with one attached hydrogen (secondary N) is 2. The summed E-state index contributed by atoms with van der Waals surface area (Å²) in [5, 5.41) is 15.4. The first-order chi connectivity index (χ1) is 11.9. The molecule has 1 aromatic heterocycles. The normalized spacial score (nSPS) is 10.7. The fraction of sp³-hybridized carbons (Fsp3) is 0.412. The van der Waals surface area contributed by atoms with Crippen molar-refractivity contribution in [3.63, 3.8) is 0 Å². The van der Waals surface area contributed by atoms with Crippen LogP contribution in [0.25, 0.3) is 0 Å². The highest BCUT2D eigenvalue weighted by molar-refractivity contribution is 7.15. The van der Waals surface area contributed by atoms with E-state index in [1.54, 1.807) is 0 Å². The van der Waals surface area contributed by atoms with E-state index in [1.807, 2.05) is 38.1 Å². The molecule has 0 unspecified atom stereocenters. The van der Waals surface area contributed by atoms with E-state index in [0.29, 0.717) is 16.7 Å². The van der Waals surface area contributed by atoms with Gasteiger partial charge in [0.1, 0.15) is 5.01 Å². The van der Waals surface area contributed by atoms with Crippen LogP contribution in [0.1, 0.15) is 43.2 Å². The fourth-order valence-corrected chi connectivity index (χ4v) is 2.90. The molecular weight excluding hydrogens is 360 g/mol. The van der Waals surface area contributed by atoms with Gasteiger partial charge in [-0.15, -0.1) is 10.2 Å². The van der Waals surface area contributed by atoms with Crippen LogP contribution in [0, 0.1) is 0 Å². The molecule has 0 bridgehead atoms. The van der Waals surface area contributed by atoms with Gasteiger partial charge in [0.25, 0.3) is 0 Å². The average Bonchev–Trinajstić information content (AvgIpc) is 3.03. The van der Waals surface area contributed by atoms with Gasteiger partial charge in [-0.25, -0.2) is 0 Å². The number of nitrogens with zero attached hydrogens (tertiary/aromatic N) is 2. The van der Waals surface area contributed by atoms with Crippen molar-refractivity contribution in [2.75, 3.05) is 11.9 Å². The number of hydrogen-bond donors (Lipinski definition) is 2. The van der Waals surface area contributed by atoms with E-state index >= 15 is 0 Å². The summed E-state index contributed by atoms with van der Waals surface area (Å²) in [7, 11) is 0. The first kappa shape index (κ1) is 19.3. The molecule has 2 aromatic rings. The third-order valence-corrected chi connectivity index (χ3v) is 4.80. The second-order valence-corrected chi connectivity index (χ2v) is 7.32.